The number of carboxylic acids is 1. The first-order valence-electron chi connectivity index (χ1n) is 5.49. The number of carbonyl (C=O) groups is 1. The molecule has 1 aromatic heterocycles. The quantitative estimate of drug-likeness (QED) is 0.881. The molecule has 4 heteroatoms. The zero-order valence-electron chi connectivity index (χ0n) is 9.84. The number of benzene rings is 1. The Morgan fingerprint density at radius 1 is 1.47 bits per heavy atom. The third-order valence-corrected chi connectivity index (χ3v) is 2.70. The number of nitrogens with zero attached hydrogens (tertiary/aromatic N) is 2. The summed E-state index contributed by atoms with van der Waals surface area (Å²) in [5.74, 6) is -0.223. The van der Waals surface area contributed by atoms with Crippen LogP contribution in [-0.2, 0) is 6.54 Å². The molecule has 0 bridgehead atoms. The Bertz CT molecular complexity index is 558. The molecule has 17 heavy (non-hydrogen) atoms. The van der Waals surface area contributed by atoms with Gasteiger partial charge in [0.1, 0.15) is 5.82 Å². The van der Waals surface area contributed by atoms with Gasteiger partial charge in [-0.05, 0) is 26.0 Å². The number of rotatable bonds is 3. The molecule has 0 spiro atoms. The van der Waals surface area contributed by atoms with Gasteiger partial charge in [-0.1, -0.05) is 11.6 Å². The number of aromatic nitrogens is 2. The van der Waals surface area contributed by atoms with Crippen molar-refractivity contribution < 1.29 is 9.90 Å². The van der Waals surface area contributed by atoms with Crippen LogP contribution in [0.5, 0.6) is 0 Å². The highest BCUT2D eigenvalue weighted by Gasteiger charge is 2.15. The fraction of sp³-hybridized carbons (Fsp3) is 0.231. The third kappa shape index (κ3) is 2.06. The molecule has 0 aliphatic rings. The Labute approximate surface area is 99.5 Å². The summed E-state index contributed by atoms with van der Waals surface area (Å²) in [4.78, 5) is 15.4. The first-order chi connectivity index (χ1) is 8.13. The molecule has 0 aliphatic heterocycles. The van der Waals surface area contributed by atoms with Gasteiger partial charge in [-0.25, -0.2) is 9.78 Å². The van der Waals surface area contributed by atoms with Crippen LogP contribution in [-0.4, -0.2) is 20.6 Å². The van der Waals surface area contributed by atoms with Crippen LogP contribution in [0.2, 0.25) is 0 Å². The van der Waals surface area contributed by atoms with Gasteiger partial charge in [-0.15, -0.1) is 0 Å². The van der Waals surface area contributed by atoms with Crippen LogP contribution in [0.3, 0.4) is 0 Å². The number of imidazole rings is 1. The van der Waals surface area contributed by atoms with Crippen LogP contribution in [0.4, 0.5) is 0 Å². The predicted molar refractivity (Wildman–Crippen MR) is 65.0 cm³/mol. The first-order valence-corrected chi connectivity index (χ1v) is 5.49. The highest BCUT2D eigenvalue weighted by atomic mass is 16.4. The maximum Gasteiger partial charge on any atom is 0.336 e. The topological polar surface area (TPSA) is 55.1 Å². The Kier molecular flexibility index (Phi) is 2.95. The van der Waals surface area contributed by atoms with Crippen molar-refractivity contribution in [1.29, 1.82) is 0 Å². The van der Waals surface area contributed by atoms with E-state index in [1.807, 2.05) is 30.7 Å². The van der Waals surface area contributed by atoms with Crippen molar-refractivity contribution in [3.8, 4) is 11.4 Å². The molecule has 1 aromatic carbocycles. The van der Waals surface area contributed by atoms with Gasteiger partial charge in [0.05, 0.1) is 5.56 Å². The van der Waals surface area contributed by atoms with Crippen LogP contribution >= 0.6 is 0 Å². The number of hydrogen-bond donors (Lipinski definition) is 1. The summed E-state index contributed by atoms with van der Waals surface area (Å²) in [6, 6.07) is 5.28. The normalized spacial score (nSPS) is 10.5. The molecule has 0 aliphatic carbocycles. The Balaban J connectivity index is 2.65. The van der Waals surface area contributed by atoms with E-state index in [9.17, 15) is 9.90 Å². The van der Waals surface area contributed by atoms with E-state index in [0.717, 1.165) is 12.1 Å². The van der Waals surface area contributed by atoms with Gasteiger partial charge in [0.2, 0.25) is 0 Å². The lowest BCUT2D eigenvalue weighted by molar-refractivity contribution is 0.0697. The largest absolute Gasteiger partial charge is 0.478 e. The highest BCUT2D eigenvalue weighted by molar-refractivity contribution is 5.95. The number of aromatic carboxylic acids is 1. The zero-order valence-corrected chi connectivity index (χ0v) is 9.84. The van der Waals surface area contributed by atoms with Crippen molar-refractivity contribution in [2.75, 3.05) is 0 Å². The Morgan fingerprint density at radius 2 is 2.24 bits per heavy atom. The molecular weight excluding hydrogens is 216 g/mol. The first kappa shape index (κ1) is 11.4. The molecule has 1 heterocycles. The summed E-state index contributed by atoms with van der Waals surface area (Å²) >= 11 is 0. The zero-order chi connectivity index (χ0) is 12.4. The Morgan fingerprint density at radius 3 is 2.88 bits per heavy atom. The number of hydrogen-bond acceptors (Lipinski definition) is 2. The molecule has 0 fully saturated rings. The minimum Gasteiger partial charge on any atom is -0.478 e. The monoisotopic (exact) mass is 230 g/mol. The number of carboxylic acid groups (broad SMARTS) is 1. The standard InChI is InChI=1S/C13H14N2O2/c1-3-15-7-6-14-12(15)11-8-9(2)4-5-10(11)13(16)17/h4-8H,3H2,1-2H3,(H,16,17). The molecular formula is C13H14N2O2. The lowest BCUT2D eigenvalue weighted by atomic mass is 10.0. The second-order valence-electron chi connectivity index (χ2n) is 3.89. The predicted octanol–water partition coefficient (Wildman–Crippen LogP) is 2.58. The smallest absolute Gasteiger partial charge is 0.336 e. The number of aryl methyl sites for hydroxylation is 2. The summed E-state index contributed by atoms with van der Waals surface area (Å²) in [7, 11) is 0. The molecule has 88 valence electrons. The van der Waals surface area contributed by atoms with E-state index >= 15 is 0 Å². The average Bonchev–Trinajstić information content (AvgIpc) is 2.76. The Hall–Kier alpha value is -2.10. The summed E-state index contributed by atoms with van der Waals surface area (Å²) < 4.78 is 1.93. The van der Waals surface area contributed by atoms with Gasteiger partial charge in [0.25, 0.3) is 0 Å². The summed E-state index contributed by atoms with van der Waals surface area (Å²) in [5.41, 5.74) is 1.98. The molecule has 0 saturated heterocycles. The second-order valence-corrected chi connectivity index (χ2v) is 3.89. The third-order valence-electron chi connectivity index (χ3n) is 2.70. The second kappa shape index (κ2) is 4.41. The minimum absolute atomic E-state index is 0.288. The van der Waals surface area contributed by atoms with E-state index in [2.05, 4.69) is 4.98 Å². The van der Waals surface area contributed by atoms with Crippen LogP contribution in [0.1, 0.15) is 22.8 Å². The summed E-state index contributed by atoms with van der Waals surface area (Å²) in [5, 5.41) is 9.18. The van der Waals surface area contributed by atoms with Gasteiger partial charge in [-0.2, -0.15) is 0 Å². The molecule has 4 nitrogen and oxygen atoms in total. The average molecular weight is 230 g/mol. The molecule has 0 saturated carbocycles. The highest BCUT2D eigenvalue weighted by Crippen LogP contribution is 2.23. The van der Waals surface area contributed by atoms with Gasteiger partial charge < -0.3 is 9.67 Å². The lowest BCUT2D eigenvalue weighted by Gasteiger charge is -2.08. The van der Waals surface area contributed by atoms with Crippen LogP contribution in [0.25, 0.3) is 11.4 Å². The van der Waals surface area contributed by atoms with E-state index in [-0.39, 0.29) is 5.56 Å². The van der Waals surface area contributed by atoms with Crippen molar-refractivity contribution in [3.05, 3.63) is 41.7 Å². The molecule has 0 atom stereocenters. The summed E-state index contributed by atoms with van der Waals surface area (Å²) in [6.45, 7) is 4.71. The maximum absolute atomic E-state index is 11.2. The fourth-order valence-electron chi connectivity index (χ4n) is 1.84. The van der Waals surface area contributed by atoms with Gasteiger partial charge in [-0.3, -0.25) is 0 Å². The molecule has 0 amide bonds. The van der Waals surface area contributed by atoms with Crippen molar-refractivity contribution in [1.82, 2.24) is 9.55 Å². The maximum atomic E-state index is 11.2. The molecule has 2 rings (SSSR count). The molecule has 1 N–H and O–H groups in total. The van der Waals surface area contributed by atoms with Crippen molar-refractivity contribution in [3.63, 3.8) is 0 Å². The van der Waals surface area contributed by atoms with E-state index in [0.29, 0.717) is 11.4 Å². The van der Waals surface area contributed by atoms with Crippen LogP contribution in [0, 0.1) is 6.92 Å². The molecule has 0 radical (unpaired) electrons. The summed E-state index contributed by atoms with van der Waals surface area (Å²) in [6.07, 6.45) is 3.54. The lowest BCUT2D eigenvalue weighted by Crippen LogP contribution is -2.04. The van der Waals surface area contributed by atoms with Gasteiger partial charge in [0, 0.05) is 24.5 Å². The van der Waals surface area contributed by atoms with E-state index in [1.54, 1.807) is 18.3 Å². The van der Waals surface area contributed by atoms with Gasteiger partial charge in [0.15, 0.2) is 0 Å². The van der Waals surface area contributed by atoms with E-state index in [1.165, 1.54) is 0 Å². The van der Waals surface area contributed by atoms with E-state index < -0.39 is 5.97 Å². The minimum atomic E-state index is -0.925. The van der Waals surface area contributed by atoms with Crippen molar-refractivity contribution >= 4 is 5.97 Å². The molecule has 2 aromatic rings. The van der Waals surface area contributed by atoms with Crippen molar-refractivity contribution in [2.24, 2.45) is 0 Å². The fourth-order valence-corrected chi connectivity index (χ4v) is 1.84. The van der Waals surface area contributed by atoms with Gasteiger partial charge >= 0.3 is 5.97 Å². The van der Waals surface area contributed by atoms with Crippen LogP contribution in [0.15, 0.2) is 30.6 Å². The van der Waals surface area contributed by atoms with E-state index in [4.69, 9.17) is 0 Å². The van der Waals surface area contributed by atoms with Crippen molar-refractivity contribution in [2.45, 2.75) is 20.4 Å². The SMILES string of the molecule is CCn1ccnc1-c1cc(C)ccc1C(=O)O. The van der Waals surface area contributed by atoms with Crippen LogP contribution < -0.4 is 0 Å². The molecule has 0 unspecified atom stereocenters.